The monoisotopic (exact) mass is 390 g/mol. The Balaban J connectivity index is 1.74. The molecule has 2 N–H and O–H groups in total. The van der Waals surface area contributed by atoms with Gasteiger partial charge in [-0.1, -0.05) is 25.3 Å². The molecule has 0 aromatic heterocycles. The van der Waals surface area contributed by atoms with Crippen molar-refractivity contribution in [2.75, 3.05) is 6.61 Å². The molecule has 2 saturated carbocycles. The van der Waals surface area contributed by atoms with E-state index in [1.54, 1.807) is 0 Å². The van der Waals surface area contributed by atoms with Gasteiger partial charge in [0.25, 0.3) is 0 Å². The number of rotatable bonds is 3. The van der Waals surface area contributed by atoms with Gasteiger partial charge in [0, 0.05) is 18.8 Å². The molecule has 4 fully saturated rings. The van der Waals surface area contributed by atoms with E-state index in [4.69, 9.17) is 14.2 Å². The standard InChI is InChI=1S/C21H26O7/c1-9-5-15(26-19(24)10(2)8-22)17-18(16-12(4)14(23)6-13(9)16)27-20(25)21(17)7-11(3)28-21/h11,13-18,22-23H,1-2,4-8H2,3H3/t11-,13-,14-,15-,16-,17+,18-,21-/m0/s1. The third-order valence-electron chi connectivity index (χ3n) is 6.73. The summed E-state index contributed by atoms with van der Waals surface area (Å²) < 4.78 is 17.4. The van der Waals surface area contributed by atoms with Gasteiger partial charge >= 0.3 is 11.9 Å². The first-order chi connectivity index (χ1) is 13.2. The third-order valence-corrected chi connectivity index (χ3v) is 6.73. The molecule has 2 aliphatic heterocycles. The number of ether oxygens (including phenoxy) is 3. The topological polar surface area (TPSA) is 102 Å². The fourth-order valence-electron chi connectivity index (χ4n) is 5.45. The number of carbonyl (C=O) groups is 2. The quantitative estimate of drug-likeness (QED) is 0.422. The average Bonchev–Trinajstić information content (AvgIpc) is 3.04. The van der Waals surface area contributed by atoms with Crippen LogP contribution in [0.2, 0.25) is 0 Å². The Bertz CT molecular complexity index is 763. The summed E-state index contributed by atoms with van der Waals surface area (Å²) in [4.78, 5) is 25.2. The van der Waals surface area contributed by atoms with E-state index in [9.17, 15) is 19.8 Å². The van der Waals surface area contributed by atoms with Gasteiger partial charge in [-0.15, -0.1) is 0 Å². The van der Waals surface area contributed by atoms with E-state index in [0.717, 1.165) is 5.57 Å². The van der Waals surface area contributed by atoms with Crippen LogP contribution in [0.1, 0.15) is 26.2 Å². The van der Waals surface area contributed by atoms with Gasteiger partial charge < -0.3 is 24.4 Å². The molecule has 2 heterocycles. The van der Waals surface area contributed by atoms with E-state index >= 15 is 0 Å². The lowest BCUT2D eigenvalue weighted by atomic mass is 9.71. The van der Waals surface area contributed by atoms with E-state index < -0.39 is 48.4 Å². The zero-order valence-electron chi connectivity index (χ0n) is 15.9. The van der Waals surface area contributed by atoms with Crippen LogP contribution in [-0.4, -0.2) is 58.8 Å². The van der Waals surface area contributed by atoms with Crippen LogP contribution in [0.15, 0.2) is 36.5 Å². The van der Waals surface area contributed by atoms with E-state index in [1.165, 1.54) is 0 Å². The lowest BCUT2D eigenvalue weighted by molar-refractivity contribution is -0.228. The first kappa shape index (κ1) is 19.4. The van der Waals surface area contributed by atoms with Gasteiger partial charge in [-0.25, -0.2) is 9.59 Å². The maximum atomic E-state index is 12.8. The zero-order valence-corrected chi connectivity index (χ0v) is 15.9. The summed E-state index contributed by atoms with van der Waals surface area (Å²) in [6, 6.07) is 0. The Morgan fingerprint density at radius 3 is 2.68 bits per heavy atom. The first-order valence-corrected chi connectivity index (χ1v) is 9.62. The maximum Gasteiger partial charge on any atom is 0.339 e. The maximum absolute atomic E-state index is 12.8. The van der Waals surface area contributed by atoms with Crippen LogP contribution in [0.3, 0.4) is 0 Å². The summed E-state index contributed by atoms with van der Waals surface area (Å²) >= 11 is 0. The minimum Gasteiger partial charge on any atom is -0.459 e. The predicted octanol–water partition coefficient (Wildman–Crippen LogP) is 1.05. The van der Waals surface area contributed by atoms with Crippen LogP contribution in [0, 0.1) is 17.8 Å². The van der Waals surface area contributed by atoms with Gasteiger partial charge in [0.2, 0.25) is 0 Å². The van der Waals surface area contributed by atoms with Crippen molar-refractivity contribution >= 4 is 11.9 Å². The normalized spacial score (nSPS) is 44.4. The fourth-order valence-corrected chi connectivity index (χ4v) is 5.45. The SMILES string of the molecule is C=C(CO)C(=O)O[C@H]1CC(=C)[C@@H]2C[C@H](O)C(=C)[C@@H]2[C@@H]2OC(=O)[C@]3(C[C@H](C)O3)[C@@H]21. The number of carbonyl (C=O) groups excluding carboxylic acids is 2. The molecule has 28 heavy (non-hydrogen) atoms. The minimum absolute atomic E-state index is 0.0615. The van der Waals surface area contributed by atoms with Crippen LogP contribution < -0.4 is 0 Å². The zero-order chi connectivity index (χ0) is 20.4. The van der Waals surface area contributed by atoms with E-state index in [2.05, 4.69) is 19.7 Å². The molecule has 7 heteroatoms. The second-order valence-corrected chi connectivity index (χ2v) is 8.44. The first-order valence-electron chi connectivity index (χ1n) is 9.62. The van der Waals surface area contributed by atoms with Crippen molar-refractivity contribution in [2.45, 2.75) is 56.2 Å². The number of fused-ring (bicyclic) bond motifs is 4. The molecule has 0 bridgehead atoms. The van der Waals surface area contributed by atoms with Crippen molar-refractivity contribution < 1.29 is 34.0 Å². The van der Waals surface area contributed by atoms with Gasteiger partial charge in [0.15, 0.2) is 5.60 Å². The van der Waals surface area contributed by atoms with E-state index in [-0.39, 0.29) is 23.5 Å². The summed E-state index contributed by atoms with van der Waals surface area (Å²) in [5.41, 5.74) is 0.209. The molecule has 4 rings (SSSR count). The Morgan fingerprint density at radius 2 is 2.07 bits per heavy atom. The van der Waals surface area contributed by atoms with Gasteiger partial charge in [-0.05, 0) is 24.8 Å². The van der Waals surface area contributed by atoms with Gasteiger partial charge in [-0.3, -0.25) is 0 Å². The third kappa shape index (κ3) is 2.60. The van der Waals surface area contributed by atoms with Crippen molar-refractivity contribution in [1.29, 1.82) is 0 Å². The molecule has 0 radical (unpaired) electrons. The highest BCUT2D eigenvalue weighted by Crippen LogP contribution is 2.58. The number of esters is 2. The number of hydrogen-bond acceptors (Lipinski definition) is 7. The molecule has 0 aromatic carbocycles. The Labute approximate surface area is 163 Å². The Kier molecular flexibility index (Phi) is 4.52. The molecule has 1 spiro atoms. The summed E-state index contributed by atoms with van der Waals surface area (Å²) in [5.74, 6) is -2.12. The van der Waals surface area contributed by atoms with Crippen LogP contribution in [0.5, 0.6) is 0 Å². The van der Waals surface area contributed by atoms with Gasteiger partial charge in [0.05, 0.1) is 30.3 Å². The highest BCUT2D eigenvalue weighted by Gasteiger charge is 2.70. The molecule has 7 nitrogen and oxygen atoms in total. The van der Waals surface area contributed by atoms with Crippen molar-refractivity contribution in [1.82, 2.24) is 0 Å². The molecular formula is C21H26O7. The largest absolute Gasteiger partial charge is 0.459 e. The van der Waals surface area contributed by atoms with E-state index in [0.29, 0.717) is 24.8 Å². The van der Waals surface area contributed by atoms with E-state index in [1.807, 2.05) is 6.92 Å². The number of aliphatic hydroxyl groups is 2. The molecule has 2 saturated heterocycles. The summed E-state index contributed by atoms with van der Waals surface area (Å²) in [7, 11) is 0. The number of aliphatic hydroxyl groups excluding tert-OH is 2. The van der Waals surface area contributed by atoms with Crippen LogP contribution in [0.4, 0.5) is 0 Å². The lowest BCUT2D eigenvalue weighted by Gasteiger charge is -2.46. The summed E-state index contributed by atoms with van der Waals surface area (Å²) in [5, 5.41) is 19.5. The van der Waals surface area contributed by atoms with Gasteiger partial charge in [-0.2, -0.15) is 0 Å². The number of hydrogen-bond donors (Lipinski definition) is 2. The van der Waals surface area contributed by atoms with Crippen molar-refractivity contribution in [3.05, 3.63) is 36.5 Å². The second kappa shape index (κ2) is 6.54. The van der Waals surface area contributed by atoms with Gasteiger partial charge in [0.1, 0.15) is 12.2 Å². The molecule has 0 unspecified atom stereocenters. The van der Waals surface area contributed by atoms with Crippen LogP contribution >= 0.6 is 0 Å². The molecule has 4 aliphatic rings. The van der Waals surface area contributed by atoms with Crippen molar-refractivity contribution in [3.8, 4) is 0 Å². The Hall–Kier alpha value is -1.96. The molecular weight excluding hydrogens is 364 g/mol. The second-order valence-electron chi connectivity index (χ2n) is 8.44. The minimum atomic E-state index is -1.17. The highest BCUT2D eigenvalue weighted by molar-refractivity contribution is 5.88. The smallest absolute Gasteiger partial charge is 0.339 e. The predicted molar refractivity (Wildman–Crippen MR) is 97.9 cm³/mol. The van der Waals surface area contributed by atoms with Crippen molar-refractivity contribution in [3.63, 3.8) is 0 Å². The van der Waals surface area contributed by atoms with Crippen molar-refractivity contribution in [2.24, 2.45) is 17.8 Å². The highest BCUT2D eigenvalue weighted by atomic mass is 16.6. The van der Waals surface area contributed by atoms with Crippen LogP contribution in [0.25, 0.3) is 0 Å². The van der Waals surface area contributed by atoms with Crippen LogP contribution in [-0.2, 0) is 23.8 Å². The molecule has 152 valence electrons. The lowest BCUT2D eigenvalue weighted by Crippen LogP contribution is -2.60. The molecule has 0 amide bonds. The summed E-state index contributed by atoms with van der Waals surface area (Å²) in [6.45, 7) is 13.1. The Morgan fingerprint density at radius 1 is 1.39 bits per heavy atom. The fraction of sp³-hybridized carbons (Fsp3) is 0.619. The molecule has 8 atom stereocenters. The average molecular weight is 390 g/mol. The molecule has 0 aromatic rings. The molecule has 2 aliphatic carbocycles. The summed E-state index contributed by atoms with van der Waals surface area (Å²) in [6.07, 6.45) is -0.856.